The Bertz CT molecular complexity index is 346. The zero-order valence-corrected chi connectivity index (χ0v) is 10.9. The summed E-state index contributed by atoms with van der Waals surface area (Å²) in [5, 5.41) is 7.91. The maximum absolute atomic E-state index is 10.4. The van der Waals surface area contributed by atoms with Gasteiger partial charge in [-0.2, -0.15) is 0 Å². The molecular formula is C14H20O4. The zero-order valence-electron chi connectivity index (χ0n) is 10.9. The average molecular weight is 252 g/mol. The van der Waals surface area contributed by atoms with Crippen LogP contribution in [0.4, 0.5) is 0 Å². The van der Waals surface area contributed by atoms with Crippen LogP contribution in [0.3, 0.4) is 0 Å². The summed E-state index contributed by atoms with van der Waals surface area (Å²) in [6.07, 6.45) is 1.82. The Balaban J connectivity index is 0.000000411. The van der Waals surface area contributed by atoms with Gasteiger partial charge in [0, 0.05) is 19.8 Å². The van der Waals surface area contributed by atoms with E-state index < -0.39 is 5.97 Å². The second-order valence-electron chi connectivity index (χ2n) is 3.72. The number of carboxylic acid groups (broad SMARTS) is 1. The number of benzene rings is 1. The molecule has 0 radical (unpaired) electrons. The number of carbonyl (C=O) groups excluding carboxylic acids is 1. The Morgan fingerprint density at radius 1 is 1.22 bits per heavy atom. The fourth-order valence-corrected chi connectivity index (χ4v) is 1.17. The molecule has 0 saturated carbocycles. The molecule has 0 saturated heterocycles. The van der Waals surface area contributed by atoms with E-state index in [1.54, 1.807) is 0 Å². The van der Waals surface area contributed by atoms with Gasteiger partial charge in [-0.05, 0) is 12.0 Å². The molecule has 0 unspecified atom stereocenters. The molecule has 0 atom stereocenters. The lowest BCUT2D eigenvalue weighted by Gasteiger charge is -2.00. The highest BCUT2D eigenvalue weighted by Gasteiger charge is 1.93. The van der Waals surface area contributed by atoms with Crippen LogP contribution in [0.1, 0.15) is 32.3 Å². The van der Waals surface area contributed by atoms with Gasteiger partial charge in [0.1, 0.15) is 0 Å². The van der Waals surface area contributed by atoms with Crippen molar-refractivity contribution >= 4 is 11.9 Å². The molecule has 0 aromatic heterocycles. The summed E-state index contributed by atoms with van der Waals surface area (Å²) in [7, 11) is 0. The van der Waals surface area contributed by atoms with Crippen LogP contribution in [-0.2, 0) is 20.7 Å². The first kappa shape index (κ1) is 16.2. The summed E-state index contributed by atoms with van der Waals surface area (Å²) in [5.41, 5.74) is 1.19. The van der Waals surface area contributed by atoms with E-state index >= 15 is 0 Å². The third-order valence-corrected chi connectivity index (χ3v) is 2.00. The molecule has 4 heteroatoms. The molecule has 0 heterocycles. The number of hydrogen-bond donors (Lipinski definition) is 1. The highest BCUT2D eigenvalue weighted by Crippen LogP contribution is 1.99. The van der Waals surface area contributed by atoms with Crippen LogP contribution in [0.25, 0.3) is 0 Å². The summed E-state index contributed by atoms with van der Waals surface area (Å²) in [5.74, 6) is -0.927. The number of carboxylic acids is 1. The van der Waals surface area contributed by atoms with Crippen molar-refractivity contribution < 1.29 is 19.4 Å². The predicted molar refractivity (Wildman–Crippen MR) is 69.3 cm³/mol. The first-order chi connectivity index (χ1) is 8.56. The fourth-order valence-electron chi connectivity index (χ4n) is 1.17. The summed E-state index contributed by atoms with van der Waals surface area (Å²) < 4.78 is 4.81. The molecule has 1 aromatic carbocycles. The maximum atomic E-state index is 10.4. The minimum absolute atomic E-state index is 0.217. The first-order valence-electron chi connectivity index (χ1n) is 5.95. The Morgan fingerprint density at radius 3 is 2.22 bits per heavy atom. The molecule has 0 fully saturated rings. The van der Waals surface area contributed by atoms with Crippen molar-refractivity contribution in [1.82, 2.24) is 0 Å². The minimum atomic E-state index is -0.711. The Labute approximate surface area is 108 Å². The van der Waals surface area contributed by atoms with E-state index in [0.29, 0.717) is 13.0 Å². The Morgan fingerprint density at radius 2 is 1.83 bits per heavy atom. The third kappa shape index (κ3) is 10.7. The number of esters is 1. The van der Waals surface area contributed by atoms with Gasteiger partial charge in [-0.3, -0.25) is 9.59 Å². The minimum Gasteiger partial charge on any atom is -0.481 e. The van der Waals surface area contributed by atoms with Crippen LogP contribution in [0, 0.1) is 0 Å². The molecule has 0 bridgehead atoms. The molecule has 1 aromatic rings. The largest absolute Gasteiger partial charge is 0.481 e. The van der Waals surface area contributed by atoms with Gasteiger partial charge < -0.3 is 9.84 Å². The molecule has 0 spiro atoms. The lowest BCUT2D eigenvalue weighted by molar-refractivity contribution is -0.141. The van der Waals surface area contributed by atoms with Crippen LogP contribution in [-0.4, -0.2) is 23.7 Å². The summed E-state index contributed by atoms with van der Waals surface area (Å²) >= 11 is 0. The number of aliphatic carboxylic acids is 1. The quantitative estimate of drug-likeness (QED) is 0.818. The highest BCUT2D eigenvalue weighted by atomic mass is 16.5. The van der Waals surface area contributed by atoms with Crippen molar-refractivity contribution in [2.45, 2.75) is 33.1 Å². The molecular weight excluding hydrogens is 232 g/mol. The van der Waals surface area contributed by atoms with Gasteiger partial charge >= 0.3 is 11.9 Å². The van der Waals surface area contributed by atoms with Gasteiger partial charge in [-0.15, -0.1) is 0 Å². The van der Waals surface area contributed by atoms with Crippen molar-refractivity contribution in [2.24, 2.45) is 0 Å². The number of carbonyl (C=O) groups is 2. The standard InChI is InChI=1S/C10H12O2.C4H8O2/c1-9(11)12-8-7-10-5-3-2-4-6-10;1-2-3-4(5)6/h2-6H,7-8H2,1H3;2-3H2,1H3,(H,5,6). The van der Waals surface area contributed by atoms with Crippen LogP contribution in [0.2, 0.25) is 0 Å². The van der Waals surface area contributed by atoms with Crippen molar-refractivity contribution in [3.63, 3.8) is 0 Å². The Kier molecular flexibility index (Phi) is 9.27. The van der Waals surface area contributed by atoms with E-state index in [1.807, 2.05) is 37.3 Å². The molecule has 0 aliphatic heterocycles. The zero-order chi connectivity index (χ0) is 13.8. The van der Waals surface area contributed by atoms with E-state index in [2.05, 4.69) is 0 Å². The molecule has 0 aliphatic rings. The molecule has 0 aliphatic carbocycles. The van der Waals surface area contributed by atoms with Crippen molar-refractivity contribution in [3.05, 3.63) is 35.9 Å². The van der Waals surface area contributed by atoms with E-state index in [0.717, 1.165) is 12.8 Å². The maximum Gasteiger partial charge on any atom is 0.303 e. The SMILES string of the molecule is CC(=O)OCCc1ccccc1.CCCC(=O)O. The summed E-state index contributed by atoms with van der Waals surface area (Å²) in [6.45, 7) is 3.73. The molecule has 1 N–H and O–H groups in total. The van der Waals surface area contributed by atoms with Crippen molar-refractivity contribution in [2.75, 3.05) is 6.61 Å². The topological polar surface area (TPSA) is 63.6 Å². The lowest BCUT2D eigenvalue weighted by atomic mass is 10.2. The van der Waals surface area contributed by atoms with Gasteiger partial charge in [0.25, 0.3) is 0 Å². The van der Waals surface area contributed by atoms with Crippen LogP contribution in [0.15, 0.2) is 30.3 Å². The molecule has 4 nitrogen and oxygen atoms in total. The van der Waals surface area contributed by atoms with E-state index in [1.165, 1.54) is 12.5 Å². The smallest absolute Gasteiger partial charge is 0.303 e. The molecule has 100 valence electrons. The summed E-state index contributed by atoms with van der Waals surface area (Å²) in [4.78, 5) is 20.0. The van der Waals surface area contributed by atoms with Crippen LogP contribution < -0.4 is 0 Å². The van der Waals surface area contributed by atoms with Crippen molar-refractivity contribution in [1.29, 1.82) is 0 Å². The number of hydrogen-bond acceptors (Lipinski definition) is 3. The van der Waals surface area contributed by atoms with E-state index in [-0.39, 0.29) is 5.97 Å². The Hall–Kier alpha value is -1.84. The summed E-state index contributed by atoms with van der Waals surface area (Å²) in [6, 6.07) is 9.95. The van der Waals surface area contributed by atoms with Gasteiger partial charge in [0.2, 0.25) is 0 Å². The molecule has 1 rings (SSSR count). The first-order valence-corrected chi connectivity index (χ1v) is 5.95. The lowest BCUT2D eigenvalue weighted by Crippen LogP contribution is -2.02. The number of ether oxygens (including phenoxy) is 1. The van der Waals surface area contributed by atoms with Gasteiger partial charge in [-0.1, -0.05) is 37.3 Å². The van der Waals surface area contributed by atoms with Gasteiger partial charge in [0.05, 0.1) is 6.61 Å². The second-order valence-corrected chi connectivity index (χ2v) is 3.72. The van der Waals surface area contributed by atoms with Crippen LogP contribution >= 0.6 is 0 Å². The molecule has 18 heavy (non-hydrogen) atoms. The normalized spacial score (nSPS) is 9.00. The molecule has 0 amide bonds. The van der Waals surface area contributed by atoms with Gasteiger partial charge in [-0.25, -0.2) is 0 Å². The van der Waals surface area contributed by atoms with Crippen molar-refractivity contribution in [3.8, 4) is 0 Å². The average Bonchev–Trinajstić information content (AvgIpc) is 2.30. The number of rotatable bonds is 5. The second kappa shape index (κ2) is 10.3. The predicted octanol–water partition coefficient (Wildman–Crippen LogP) is 2.66. The van der Waals surface area contributed by atoms with E-state index in [4.69, 9.17) is 9.84 Å². The van der Waals surface area contributed by atoms with Gasteiger partial charge in [0.15, 0.2) is 0 Å². The monoisotopic (exact) mass is 252 g/mol. The highest BCUT2D eigenvalue weighted by molar-refractivity contribution is 5.66. The van der Waals surface area contributed by atoms with E-state index in [9.17, 15) is 9.59 Å². The fraction of sp³-hybridized carbons (Fsp3) is 0.429. The third-order valence-electron chi connectivity index (χ3n) is 2.00. The van der Waals surface area contributed by atoms with Crippen LogP contribution in [0.5, 0.6) is 0 Å².